The molecule has 3 unspecified atom stereocenters. The molecule has 4 heteroatoms. The van der Waals surface area contributed by atoms with Crippen molar-refractivity contribution in [3.05, 3.63) is 35.9 Å². The summed E-state index contributed by atoms with van der Waals surface area (Å²) < 4.78 is 0. The fraction of sp³-hybridized carbons (Fsp3) is 0.667. The molecule has 1 aromatic carbocycles. The zero-order valence-electron chi connectivity index (χ0n) is 15.5. The summed E-state index contributed by atoms with van der Waals surface area (Å²) in [4.78, 5) is 9.71. The second-order valence-electron chi connectivity index (χ2n) is 8.09. The minimum Gasteiger partial charge on any atom is -0.353 e. The molecular weight excluding hydrogens is 308 g/mol. The van der Waals surface area contributed by atoms with Crippen molar-refractivity contribution >= 4 is 5.96 Å². The zero-order valence-corrected chi connectivity index (χ0v) is 15.5. The van der Waals surface area contributed by atoms with Crippen LogP contribution in [0.25, 0.3) is 0 Å². The van der Waals surface area contributed by atoms with Gasteiger partial charge in [-0.1, -0.05) is 30.3 Å². The van der Waals surface area contributed by atoms with Gasteiger partial charge in [0.25, 0.3) is 0 Å². The lowest BCUT2D eigenvalue weighted by Crippen LogP contribution is -2.42. The molecule has 4 rings (SSSR count). The highest BCUT2D eigenvalue weighted by Gasteiger charge is 2.39. The van der Waals surface area contributed by atoms with Gasteiger partial charge in [0, 0.05) is 32.7 Å². The predicted octanol–water partition coefficient (Wildman–Crippen LogP) is 2.61. The number of rotatable bonds is 5. The minimum atomic E-state index is 0.608. The summed E-state index contributed by atoms with van der Waals surface area (Å²) >= 11 is 0. The Morgan fingerprint density at radius 2 is 1.96 bits per heavy atom. The van der Waals surface area contributed by atoms with Crippen molar-refractivity contribution in [1.29, 1.82) is 0 Å². The highest BCUT2D eigenvalue weighted by molar-refractivity contribution is 5.80. The first-order valence-corrected chi connectivity index (χ1v) is 10.1. The Kier molecular flexibility index (Phi) is 5.25. The second kappa shape index (κ2) is 7.77. The van der Waals surface area contributed by atoms with Gasteiger partial charge in [0.1, 0.15) is 0 Å². The van der Waals surface area contributed by atoms with E-state index >= 15 is 0 Å². The van der Waals surface area contributed by atoms with Gasteiger partial charge in [-0.15, -0.1) is 0 Å². The molecule has 2 aliphatic heterocycles. The van der Waals surface area contributed by atoms with E-state index < -0.39 is 0 Å². The lowest BCUT2D eigenvalue weighted by molar-refractivity contribution is 0.281. The van der Waals surface area contributed by atoms with E-state index in [4.69, 9.17) is 0 Å². The Balaban J connectivity index is 1.23. The molecule has 1 aromatic rings. The molecule has 0 radical (unpaired) electrons. The Hall–Kier alpha value is -1.55. The summed E-state index contributed by atoms with van der Waals surface area (Å²) in [7, 11) is 1.94. The average molecular weight is 341 g/mol. The standard InChI is InChI=1S/C21H32N4/c1-22-21(23-20-14-19(20)13-17-7-3-2-4-8-17)25-12-9-18(16-25)15-24-10-5-6-11-24/h2-4,7-8,18-20H,5-6,9-16H2,1H3,(H,22,23). The number of likely N-dealkylation sites (tertiary alicyclic amines) is 2. The number of nitrogens with one attached hydrogen (secondary N) is 1. The maximum absolute atomic E-state index is 4.58. The van der Waals surface area contributed by atoms with Gasteiger partial charge in [-0.3, -0.25) is 4.99 Å². The van der Waals surface area contributed by atoms with Crippen molar-refractivity contribution in [2.75, 3.05) is 39.8 Å². The van der Waals surface area contributed by atoms with Crippen LogP contribution in [0.2, 0.25) is 0 Å². The largest absolute Gasteiger partial charge is 0.353 e. The summed E-state index contributed by atoms with van der Waals surface area (Å²) in [5, 5.41) is 3.73. The van der Waals surface area contributed by atoms with Gasteiger partial charge < -0.3 is 15.1 Å². The quantitative estimate of drug-likeness (QED) is 0.660. The number of guanidine groups is 1. The van der Waals surface area contributed by atoms with Crippen LogP contribution in [0.1, 0.15) is 31.2 Å². The van der Waals surface area contributed by atoms with E-state index in [0.29, 0.717) is 6.04 Å². The van der Waals surface area contributed by atoms with Crippen LogP contribution in [0.3, 0.4) is 0 Å². The number of hydrogen-bond donors (Lipinski definition) is 1. The Morgan fingerprint density at radius 3 is 2.72 bits per heavy atom. The van der Waals surface area contributed by atoms with Crippen molar-refractivity contribution in [2.24, 2.45) is 16.8 Å². The zero-order chi connectivity index (χ0) is 17.1. The van der Waals surface area contributed by atoms with Crippen LogP contribution < -0.4 is 5.32 Å². The van der Waals surface area contributed by atoms with E-state index in [0.717, 1.165) is 24.3 Å². The van der Waals surface area contributed by atoms with Gasteiger partial charge >= 0.3 is 0 Å². The average Bonchev–Trinajstić information content (AvgIpc) is 3.04. The van der Waals surface area contributed by atoms with Gasteiger partial charge in [-0.2, -0.15) is 0 Å². The topological polar surface area (TPSA) is 30.9 Å². The van der Waals surface area contributed by atoms with Crippen molar-refractivity contribution < 1.29 is 0 Å². The highest BCUT2D eigenvalue weighted by Crippen LogP contribution is 2.34. The van der Waals surface area contributed by atoms with Crippen LogP contribution in [-0.2, 0) is 6.42 Å². The molecule has 2 heterocycles. The maximum atomic E-state index is 4.58. The first kappa shape index (κ1) is 16.9. The predicted molar refractivity (Wildman–Crippen MR) is 104 cm³/mol. The fourth-order valence-corrected chi connectivity index (χ4v) is 4.53. The number of nitrogens with zero attached hydrogens (tertiary/aromatic N) is 3. The minimum absolute atomic E-state index is 0.608. The number of benzene rings is 1. The van der Waals surface area contributed by atoms with Gasteiger partial charge in [0.05, 0.1) is 0 Å². The van der Waals surface area contributed by atoms with E-state index in [1.165, 1.54) is 63.8 Å². The molecule has 3 atom stereocenters. The summed E-state index contributed by atoms with van der Waals surface area (Å²) in [6, 6.07) is 11.5. The fourth-order valence-electron chi connectivity index (χ4n) is 4.53. The summed E-state index contributed by atoms with van der Waals surface area (Å²) in [6.07, 6.45) is 6.57. The third kappa shape index (κ3) is 4.35. The van der Waals surface area contributed by atoms with Crippen LogP contribution in [0.5, 0.6) is 0 Å². The summed E-state index contributed by atoms with van der Waals surface area (Å²) in [5.74, 6) is 2.71. The lowest BCUT2D eigenvalue weighted by Gasteiger charge is -2.23. The van der Waals surface area contributed by atoms with Crippen LogP contribution in [-0.4, -0.2) is 61.6 Å². The van der Waals surface area contributed by atoms with E-state index in [1.807, 2.05) is 7.05 Å². The molecule has 1 N–H and O–H groups in total. The van der Waals surface area contributed by atoms with E-state index in [9.17, 15) is 0 Å². The van der Waals surface area contributed by atoms with Crippen LogP contribution in [0, 0.1) is 11.8 Å². The van der Waals surface area contributed by atoms with Crippen LogP contribution >= 0.6 is 0 Å². The third-order valence-corrected chi connectivity index (χ3v) is 6.09. The molecule has 0 bridgehead atoms. The first-order chi connectivity index (χ1) is 12.3. The molecule has 2 saturated heterocycles. The Bertz CT molecular complexity index is 579. The monoisotopic (exact) mass is 340 g/mol. The van der Waals surface area contributed by atoms with Crippen molar-refractivity contribution in [3.63, 3.8) is 0 Å². The van der Waals surface area contributed by atoms with Gasteiger partial charge in [-0.25, -0.2) is 0 Å². The lowest BCUT2D eigenvalue weighted by atomic mass is 10.1. The molecule has 0 aromatic heterocycles. The number of hydrogen-bond acceptors (Lipinski definition) is 2. The molecule has 0 spiro atoms. The molecule has 136 valence electrons. The molecule has 3 fully saturated rings. The van der Waals surface area contributed by atoms with Crippen LogP contribution in [0.4, 0.5) is 0 Å². The van der Waals surface area contributed by atoms with Crippen molar-refractivity contribution in [2.45, 2.75) is 38.1 Å². The molecule has 3 aliphatic rings. The molecule has 4 nitrogen and oxygen atoms in total. The van der Waals surface area contributed by atoms with Gasteiger partial charge in [0.2, 0.25) is 0 Å². The van der Waals surface area contributed by atoms with Crippen molar-refractivity contribution in [3.8, 4) is 0 Å². The van der Waals surface area contributed by atoms with E-state index in [2.05, 4.69) is 50.4 Å². The summed E-state index contributed by atoms with van der Waals surface area (Å²) in [6.45, 7) is 6.24. The number of aliphatic imine (C=N–C) groups is 1. The molecule has 0 amide bonds. The van der Waals surface area contributed by atoms with E-state index in [1.54, 1.807) is 0 Å². The van der Waals surface area contributed by atoms with Crippen molar-refractivity contribution in [1.82, 2.24) is 15.1 Å². The third-order valence-electron chi connectivity index (χ3n) is 6.09. The Morgan fingerprint density at radius 1 is 1.16 bits per heavy atom. The van der Waals surface area contributed by atoms with Gasteiger partial charge in [0.15, 0.2) is 5.96 Å². The smallest absolute Gasteiger partial charge is 0.193 e. The normalized spacial score (nSPS) is 30.0. The second-order valence-corrected chi connectivity index (χ2v) is 8.09. The Labute approximate surface area is 152 Å². The molecule has 1 saturated carbocycles. The maximum Gasteiger partial charge on any atom is 0.193 e. The van der Waals surface area contributed by atoms with Gasteiger partial charge in [-0.05, 0) is 62.6 Å². The molecular formula is C21H32N4. The molecule has 25 heavy (non-hydrogen) atoms. The molecule has 1 aliphatic carbocycles. The van der Waals surface area contributed by atoms with Crippen LogP contribution in [0.15, 0.2) is 35.3 Å². The summed E-state index contributed by atoms with van der Waals surface area (Å²) in [5.41, 5.74) is 1.46. The first-order valence-electron chi connectivity index (χ1n) is 10.1. The highest BCUT2D eigenvalue weighted by atomic mass is 15.3. The SMILES string of the molecule is CN=C(NC1CC1Cc1ccccc1)N1CCC(CN2CCCC2)C1. The van der Waals surface area contributed by atoms with E-state index in [-0.39, 0.29) is 0 Å².